The van der Waals surface area contributed by atoms with E-state index in [-0.39, 0.29) is 6.10 Å². The number of hydrogen-bond acceptors (Lipinski definition) is 4. The number of aryl methyl sites for hydroxylation is 1. The molecule has 0 amide bonds. The van der Waals surface area contributed by atoms with Crippen LogP contribution in [-0.4, -0.2) is 16.1 Å². The van der Waals surface area contributed by atoms with Crippen molar-refractivity contribution in [1.82, 2.24) is 10.2 Å². The standard InChI is InChI=1S/C12H11ClN2O2/c13-6-5-11-14-15-12(17-11)10-7-8-3-1-2-4-9(8)16-10/h1-4,10H,5-7H2. The minimum atomic E-state index is -0.163. The minimum absolute atomic E-state index is 0.163. The summed E-state index contributed by atoms with van der Waals surface area (Å²) in [5.74, 6) is 2.47. The molecule has 1 aliphatic heterocycles. The molecule has 0 N–H and O–H groups in total. The Kier molecular flexibility index (Phi) is 2.73. The monoisotopic (exact) mass is 250 g/mol. The van der Waals surface area contributed by atoms with E-state index in [1.54, 1.807) is 0 Å². The fourth-order valence-electron chi connectivity index (χ4n) is 1.90. The van der Waals surface area contributed by atoms with Gasteiger partial charge in [-0.05, 0) is 11.6 Å². The highest BCUT2D eigenvalue weighted by molar-refractivity contribution is 6.17. The van der Waals surface area contributed by atoms with Crippen molar-refractivity contribution in [3.63, 3.8) is 0 Å². The summed E-state index contributed by atoms with van der Waals surface area (Å²) >= 11 is 5.62. The predicted molar refractivity (Wildman–Crippen MR) is 62.2 cm³/mol. The maximum absolute atomic E-state index is 5.76. The average Bonchev–Trinajstić information content (AvgIpc) is 2.94. The fourth-order valence-corrected chi connectivity index (χ4v) is 2.06. The average molecular weight is 251 g/mol. The van der Waals surface area contributed by atoms with Gasteiger partial charge in [-0.1, -0.05) is 18.2 Å². The first-order valence-corrected chi connectivity index (χ1v) is 6.03. The van der Waals surface area contributed by atoms with E-state index in [0.29, 0.717) is 24.1 Å². The molecule has 2 heterocycles. The van der Waals surface area contributed by atoms with Crippen LogP contribution in [-0.2, 0) is 12.8 Å². The van der Waals surface area contributed by atoms with Crippen molar-refractivity contribution in [2.24, 2.45) is 0 Å². The first-order valence-electron chi connectivity index (χ1n) is 5.49. The van der Waals surface area contributed by atoms with Gasteiger partial charge < -0.3 is 9.15 Å². The molecule has 2 aromatic rings. The molecule has 0 saturated carbocycles. The Bertz CT molecular complexity index is 502. The lowest BCUT2D eigenvalue weighted by molar-refractivity contribution is 0.195. The highest BCUT2D eigenvalue weighted by Crippen LogP contribution is 2.35. The minimum Gasteiger partial charge on any atom is -0.480 e. The second-order valence-corrected chi connectivity index (χ2v) is 4.27. The molecule has 5 heteroatoms. The second kappa shape index (κ2) is 4.37. The van der Waals surface area contributed by atoms with Crippen LogP contribution in [0.15, 0.2) is 28.7 Å². The van der Waals surface area contributed by atoms with Gasteiger partial charge in [0.2, 0.25) is 5.89 Å². The SMILES string of the molecule is ClCCc1nnc(C2Cc3ccccc3O2)o1. The zero-order chi connectivity index (χ0) is 11.7. The number of fused-ring (bicyclic) bond motifs is 1. The molecule has 88 valence electrons. The molecule has 17 heavy (non-hydrogen) atoms. The first-order chi connectivity index (χ1) is 8.36. The molecule has 0 saturated heterocycles. The predicted octanol–water partition coefficient (Wildman–Crippen LogP) is 2.53. The van der Waals surface area contributed by atoms with Gasteiger partial charge in [0.15, 0.2) is 6.10 Å². The van der Waals surface area contributed by atoms with Gasteiger partial charge >= 0.3 is 0 Å². The number of halogens is 1. The number of nitrogens with zero attached hydrogens (tertiary/aromatic N) is 2. The zero-order valence-corrected chi connectivity index (χ0v) is 9.85. The molecule has 1 unspecified atom stereocenters. The van der Waals surface area contributed by atoms with Gasteiger partial charge in [-0.3, -0.25) is 0 Å². The molecule has 1 aromatic carbocycles. The van der Waals surface area contributed by atoms with E-state index in [4.69, 9.17) is 20.8 Å². The smallest absolute Gasteiger partial charge is 0.257 e. The Morgan fingerprint density at radius 3 is 3.00 bits per heavy atom. The van der Waals surface area contributed by atoms with E-state index in [2.05, 4.69) is 10.2 Å². The summed E-state index contributed by atoms with van der Waals surface area (Å²) in [5, 5.41) is 7.93. The van der Waals surface area contributed by atoms with Crippen LogP contribution in [0.25, 0.3) is 0 Å². The lowest BCUT2D eigenvalue weighted by Gasteiger charge is -2.04. The van der Waals surface area contributed by atoms with E-state index in [9.17, 15) is 0 Å². The highest BCUT2D eigenvalue weighted by Gasteiger charge is 2.28. The molecule has 1 atom stereocenters. The van der Waals surface area contributed by atoms with Gasteiger partial charge in [0, 0.05) is 18.7 Å². The Balaban J connectivity index is 1.79. The van der Waals surface area contributed by atoms with Crippen LogP contribution >= 0.6 is 11.6 Å². The summed E-state index contributed by atoms with van der Waals surface area (Å²) in [5.41, 5.74) is 1.18. The molecule has 0 aliphatic carbocycles. The number of hydrogen-bond donors (Lipinski definition) is 0. The zero-order valence-electron chi connectivity index (χ0n) is 9.10. The molecule has 1 aliphatic rings. The maximum Gasteiger partial charge on any atom is 0.257 e. The van der Waals surface area contributed by atoms with E-state index < -0.39 is 0 Å². The summed E-state index contributed by atoms with van der Waals surface area (Å²) in [7, 11) is 0. The molecule has 0 bridgehead atoms. The number of alkyl halides is 1. The largest absolute Gasteiger partial charge is 0.480 e. The Labute approximate surface area is 104 Å². The summed E-state index contributed by atoms with van der Waals surface area (Å²) in [4.78, 5) is 0. The number of ether oxygens (including phenoxy) is 1. The second-order valence-electron chi connectivity index (χ2n) is 3.89. The third kappa shape index (κ3) is 2.00. The van der Waals surface area contributed by atoms with Crippen LogP contribution < -0.4 is 4.74 Å². The normalized spacial score (nSPS) is 17.8. The summed E-state index contributed by atoms with van der Waals surface area (Å²) in [6.07, 6.45) is 1.20. The third-order valence-electron chi connectivity index (χ3n) is 2.71. The van der Waals surface area contributed by atoms with E-state index in [0.717, 1.165) is 12.2 Å². The molecular formula is C12H11ClN2O2. The topological polar surface area (TPSA) is 48.2 Å². The summed E-state index contributed by atoms with van der Waals surface area (Å²) < 4.78 is 11.3. The molecule has 1 aromatic heterocycles. The Morgan fingerprint density at radius 2 is 2.18 bits per heavy atom. The van der Waals surface area contributed by atoms with Gasteiger partial charge in [0.25, 0.3) is 5.89 Å². The van der Waals surface area contributed by atoms with Gasteiger partial charge in [-0.25, -0.2) is 0 Å². The summed E-state index contributed by atoms with van der Waals surface area (Å²) in [6, 6.07) is 7.95. The van der Waals surface area contributed by atoms with E-state index >= 15 is 0 Å². The molecule has 0 fully saturated rings. The van der Waals surface area contributed by atoms with Crippen molar-refractivity contribution in [2.75, 3.05) is 5.88 Å². The molecule has 3 rings (SSSR count). The van der Waals surface area contributed by atoms with Crippen molar-refractivity contribution < 1.29 is 9.15 Å². The van der Waals surface area contributed by atoms with E-state index in [1.807, 2.05) is 24.3 Å². The van der Waals surface area contributed by atoms with Gasteiger partial charge in [0.05, 0.1) is 0 Å². The van der Waals surface area contributed by atoms with Gasteiger partial charge in [-0.2, -0.15) is 0 Å². The lowest BCUT2D eigenvalue weighted by atomic mass is 10.1. The molecule has 4 nitrogen and oxygen atoms in total. The highest BCUT2D eigenvalue weighted by atomic mass is 35.5. The maximum atomic E-state index is 5.76. The van der Waals surface area contributed by atoms with Crippen LogP contribution in [0, 0.1) is 0 Å². The Morgan fingerprint density at radius 1 is 1.29 bits per heavy atom. The van der Waals surface area contributed by atoms with Crippen molar-refractivity contribution in [2.45, 2.75) is 18.9 Å². The van der Waals surface area contributed by atoms with Gasteiger partial charge in [-0.15, -0.1) is 21.8 Å². The van der Waals surface area contributed by atoms with Crippen LogP contribution in [0.1, 0.15) is 23.4 Å². The lowest BCUT2D eigenvalue weighted by Crippen LogP contribution is -2.03. The number of aromatic nitrogens is 2. The van der Waals surface area contributed by atoms with Crippen molar-refractivity contribution >= 4 is 11.6 Å². The number of para-hydroxylation sites is 1. The number of rotatable bonds is 3. The van der Waals surface area contributed by atoms with Crippen LogP contribution in [0.3, 0.4) is 0 Å². The van der Waals surface area contributed by atoms with Crippen LogP contribution in [0.5, 0.6) is 5.75 Å². The van der Waals surface area contributed by atoms with Crippen molar-refractivity contribution in [3.05, 3.63) is 41.6 Å². The van der Waals surface area contributed by atoms with Gasteiger partial charge in [0.1, 0.15) is 5.75 Å². The Hall–Kier alpha value is -1.55. The van der Waals surface area contributed by atoms with E-state index in [1.165, 1.54) is 5.56 Å². The first kappa shape index (κ1) is 10.6. The summed E-state index contributed by atoms with van der Waals surface area (Å²) in [6.45, 7) is 0. The third-order valence-corrected chi connectivity index (χ3v) is 2.90. The molecular weight excluding hydrogens is 240 g/mol. The van der Waals surface area contributed by atoms with Crippen molar-refractivity contribution in [3.8, 4) is 5.75 Å². The fraction of sp³-hybridized carbons (Fsp3) is 0.333. The van der Waals surface area contributed by atoms with Crippen molar-refractivity contribution in [1.29, 1.82) is 0 Å². The molecule has 0 spiro atoms. The molecule has 0 radical (unpaired) electrons. The quantitative estimate of drug-likeness (QED) is 0.786. The van der Waals surface area contributed by atoms with Crippen LogP contribution in [0.2, 0.25) is 0 Å². The number of benzene rings is 1. The van der Waals surface area contributed by atoms with Crippen LogP contribution in [0.4, 0.5) is 0 Å².